The van der Waals surface area contributed by atoms with Gasteiger partial charge in [0.15, 0.2) is 0 Å². The second-order valence-electron chi connectivity index (χ2n) is 4.36. The molecule has 0 saturated heterocycles. The summed E-state index contributed by atoms with van der Waals surface area (Å²) in [5, 5.41) is -0.257. The molecule has 0 unspecified atom stereocenters. The van der Waals surface area contributed by atoms with Crippen LogP contribution in [0.3, 0.4) is 0 Å². The minimum Gasteiger partial charge on any atom is -0.496 e. The van der Waals surface area contributed by atoms with Crippen molar-refractivity contribution < 1.29 is 26.6 Å². The SMILES string of the molecule is COc1cc(C(=O)S)ccc1[C]1[CH][CH][CH][CH]1.[CH]1[CH][CH][CH][CH]1.[Fe+2]. The van der Waals surface area contributed by atoms with Gasteiger partial charge in [0.05, 0.1) is 7.11 Å². The van der Waals surface area contributed by atoms with Gasteiger partial charge in [-0.05, 0) is 69.9 Å². The monoisotopic (exact) mass is 352 g/mol. The molecule has 0 heterocycles. The molecular weight excluding hydrogens is 336 g/mol. The molecule has 0 atom stereocenters. The van der Waals surface area contributed by atoms with Crippen LogP contribution in [-0.4, -0.2) is 12.2 Å². The van der Waals surface area contributed by atoms with Gasteiger partial charge in [-0.15, -0.1) is 12.6 Å². The first-order valence-corrected chi connectivity index (χ1v) is 6.97. The maximum atomic E-state index is 11.1. The summed E-state index contributed by atoms with van der Waals surface area (Å²) in [7, 11) is 1.59. The van der Waals surface area contributed by atoms with Gasteiger partial charge >= 0.3 is 17.1 Å². The molecule has 112 valence electrons. The Morgan fingerprint density at radius 3 is 1.95 bits per heavy atom. The second-order valence-corrected chi connectivity index (χ2v) is 4.76. The Morgan fingerprint density at radius 2 is 1.50 bits per heavy atom. The Morgan fingerprint density at radius 1 is 0.955 bits per heavy atom. The number of thiol groups is 1. The van der Waals surface area contributed by atoms with Crippen molar-refractivity contribution in [1.82, 2.24) is 0 Å². The van der Waals surface area contributed by atoms with Crippen molar-refractivity contribution in [2.75, 3.05) is 7.11 Å². The van der Waals surface area contributed by atoms with E-state index < -0.39 is 0 Å². The quantitative estimate of drug-likeness (QED) is 0.665. The summed E-state index contributed by atoms with van der Waals surface area (Å²) in [5.74, 6) is 1.76. The van der Waals surface area contributed by atoms with Crippen LogP contribution in [0.5, 0.6) is 5.75 Å². The van der Waals surface area contributed by atoms with Crippen LogP contribution in [0.4, 0.5) is 0 Å². The van der Waals surface area contributed by atoms with Gasteiger partial charge in [0, 0.05) is 17.0 Å². The number of benzene rings is 1. The molecule has 0 amide bonds. The summed E-state index contributed by atoms with van der Waals surface area (Å²) in [6, 6.07) is 5.33. The zero-order valence-corrected chi connectivity index (χ0v) is 14.0. The Labute approximate surface area is 150 Å². The molecule has 0 bridgehead atoms. The number of rotatable bonds is 3. The average molecular weight is 352 g/mol. The number of hydrogen-bond donors (Lipinski definition) is 1. The zero-order chi connectivity index (χ0) is 15.1. The fraction of sp³-hybridized carbons (Fsp3) is 0.0556. The van der Waals surface area contributed by atoms with Gasteiger partial charge in [-0.25, -0.2) is 0 Å². The van der Waals surface area contributed by atoms with Crippen molar-refractivity contribution in [1.29, 1.82) is 0 Å². The van der Waals surface area contributed by atoms with Crippen LogP contribution >= 0.6 is 12.6 Å². The van der Waals surface area contributed by atoms with E-state index in [-0.39, 0.29) is 22.2 Å². The number of hydrogen-bond acceptors (Lipinski definition) is 2. The normalized spacial score (nSPS) is 17.4. The topological polar surface area (TPSA) is 26.3 Å². The molecule has 1 aromatic carbocycles. The van der Waals surface area contributed by atoms with E-state index in [1.54, 1.807) is 19.2 Å². The van der Waals surface area contributed by atoms with Crippen molar-refractivity contribution in [3.8, 4) is 5.75 Å². The second kappa shape index (κ2) is 10.4. The van der Waals surface area contributed by atoms with E-state index in [0.717, 1.165) is 11.5 Å². The fourth-order valence-electron chi connectivity index (χ4n) is 1.94. The van der Waals surface area contributed by atoms with Gasteiger partial charge in [0.25, 0.3) is 0 Å². The van der Waals surface area contributed by atoms with E-state index >= 15 is 0 Å². The molecule has 2 fully saturated rings. The summed E-state index contributed by atoms with van der Waals surface area (Å²) in [5.41, 5.74) is 1.52. The van der Waals surface area contributed by atoms with Crippen LogP contribution in [0.25, 0.3) is 0 Å². The van der Waals surface area contributed by atoms with E-state index in [1.807, 2.05) is 63.9 Å². The Balaban J connectivity index is 0.000000344. The Kier molecular flexibility index (Phi) is 9.23. The van der Waals surface area contributed by atoms with E-state index in [0.29, 0.717) is 11.3 Å². The molecular formula is C18H16FeO2S+2. The predicted octanol–water partition coefficient (Wildman–Crippen LogP) is 3.54. The Bertz CT molecular complexity index is 459. The van der Waals surface area contributed by atoms with E-state index in [9.17, 15) is 4.79 Å². The molecule has 22 heavy (non-hydrogen) atoms. The van der Waals surface area contributed by atoms with Gasteiger partial charge in [-0.1, -0.05) is 6.07 Å². The van der Waals surface area contributed by atoms with Crippen molar-refractivity contribution in [2.24, 2.45) is 0 Å². The Hall–Kier alpha value is -0.441. The van der Waals surface area contributed by atoms with Crippen LogP contribution < -0.4 is 4.74 Å². The van der Waals surface area contributed by atoms with Crippen molar-refractivity contribution in [3.05, 3.63) is 93.0 Å². The molecule has 4 heteroatoms. The smallest absolute Gasteiger partial charge is 0.496 e. The molecule has 2 saturated carbocycles. The third-order valence-corrected chi connectivity index (χ3v) is 3.24. The summed E-state index contributed by atoms with van der Waals surface area (Å²) in [6.07, 6.45) is 17.9. The molecule has 10 radical (unpaired) electrons. The van der Waals surface area contributed by atoms with Gasteiger partial charge in [-0.2, -0.15) is 0 Å². The maximum Gasteiger partial charge on any atom is 2.00 e. The van der Waals surface area contributed by atoms with E-state index in [1.165, 1.54) is 0 Å². The average Bonchev–Trinajstić information content (AvgIpc) is 3.22. The van der Waals surface area contributed by atoms with Crippen LogP contribution in [0.1, 0.15) is 15.9 Å². The number of ether oxygens (including phenoxy) is 1. The van der Waals surface area contributed by atoms with Crippen LogP contribution in [0.2, 0.25) is 0 Å². The molecule has 1 aromatic rings. The maximum absolute atomic E-state index is 11.1. The molecule has 2 nitrogen and oxygen atoms in total. The summed E-state index contributed by atoms with van der Waals surface area (Å²) >= 11 is 3.79. The molecule has 0 N–H and O–H groups in total. The van der Waals surface area contributed by atoms with Crippen LogP contribution in [0, 0.1) is 63.7 Å². The number of carbonyl (C=O) groups excluding carboxylic acids is 1. The van der Waals surface area contributed by atoms with Crippen molar-refractivity contribution >= 4 is 17.7 Å². The summed E-state index contributed by atoms with van der Waals surface area (Å²) in [6.45, 7) is 0. The largest absolute Gasteiger partial charge is 2.00 e. The number of methoxy groups -OCH3 is 1. The molecule has 3 rings (SSSR count). The minimum atomic E-state index is -0.257. The minimum absolute atomic E-state index is 0. The molecule has 0 aromatic heterocycles. The van der Waals surface area contributed by atoms with Crippen molar-refractivity contribution in [2.45, 2.75) is 0 Å². The fourth-order valence-corrected chi connectivity index (χ4v) is 2.08. The predicted molar refractivity (Wildman–Crippen MR) is 87.4 cm³/mol. The molecule has 2 aliphatic rings. The van der Waals surface area contributed by atoms with Crippen LogP contribution in [-0.2, 0) is 17.1 Å². The third-order valence-electron chi connectivity index (χ3n) is 2.98. The standard InChI is InChI=1S/C13H11O2S.C5H5.Fe/c1-15-12-8-10(13(14)16)6-7-11(12)9-4-2-3-5-9;1-2-4-5-3-1;/h2-8H,1H3,(H,14,16);1-5H;/q;;+2. The first kappa shape index (κ1) is 19.6. The third kappa shape index (κ3) is 5.64. The van der Waals surface area contributed by atoms with Gasteiger partial charge < -0.3 is 4.74 Å². The summed E-state index contributed by atoms with van der Waals surface area (Å²) < 4.78 is 5.27. The number of carbonyl (C=O) groups is 1. The molecule has 0 spiro atoms. The van der Waals surface area contributed by atoms with Crippen LogP contribution in [0.15, 0.2) is 18.2 Å². The van der Waals surface area contributed by atoms with E-state index in [4.69, 9.17) is 4.74 Å². The summed E-state index contributed by atoms with van der Waals surface area (Å²) in [4.78, 5) is 11.1. The van der Waals surface area contributed by atoms with Gasteiger partial charge in [0.1, 0.15) is 5.75 Å². The first-order valence-electron chi connectivity index (χ1n) is 6.52. The van der Waals surface area contributed by atoms with Gasteiger partial charge in [0.2, 0.25) is 5.12 Å². The van der Waals surface area contributed by atoms with Crippen molar-refractivity contribution in [3.63, 3.8) is 0 Å². The first-order chi connectivity index (χ1) is 10.2. The van der Waals surface area contributed by atoms with Gasteiger partial charge in [-0.3, -0.25) is 4.79 Å². The zero-order valence-electron chi connectivity index (χ0n) is 12.0. The molecule has 2 aliphatic carbocycles. The van der Waals surface area contributed by atoms with E-state index in [2.05, 4.69) is 12.6 Å². The molecule has 0 aliphatic heterocycles.